The maximum Gasteiger partial charge on any atom is 0.304 e. The lowest BCUT2D eigenvalue weighted by atomic mass is 10.3. The van der Waals surface area contributed by atoms with Crippen molar-refractivity contribution in [3.05, 3.63) is 38.7 Å². The minimum Gasteiger partial charge on any atom is -0.315 e. The molecule has 0 unspecified atom stereocenters. The average molecular weight is 252 g/mol. The van der Waals surface area contributed by atoms with Crippen LogP contribution in [0.5, 0.6) is 0 Å². The molecule has 0 atom stereocenters. The normalized spacial score (nSPS) is 10.9. The predicted octanol–water partition coefficient (Wildman–Crippen LogP) is 1.33. The first-order valence-corrected chi connectivity index (χ1v) is 6.54. The van der Waals surface area contributed by atoms with E-state index in [9.17, 15) is 4.79 Å². The van der Waals surface area contributed by atoms with Crippen molar-refractivity contribution in [3.63, 3.8) is 0 Å². The van der Waals surface area contributed by atoms with E-state index in [0.717, 1.165) is 30.8 Å². The summed E-state index contributed by atoms with van der Waals surface area (Å²) in [7, 11) is 0. The van der Waals surface area contributed by atoms with E-state index in [1.165, 1.54) is 11.3 Å². The molecule has 2 heterocycles. The summed E-state index contributed by atoms with van der Waals surface area (Å²) in [6.07, 6.45) is 5.01. The first kappa shape index (κ1) is 12.1. The number of aryl methyl sites for hydroxylation is 1. The topological polar surface area (TPSA) is 62.7 Å². The fourth-order valence-electron chi connectivity index (χ4n) is 1.59. The van der Waals surface area contributed by atoms with Gasteiger partial charge in [-0.2, -0.15) is 5.10 Å². The van der Waals surface area contributed by atoms with Crippen LogP contribution in [0.2, 0.25) is 0 Å². The number of H-pyrrole nitrogens is 1. The zero-order valence-corrected chi connectivity index (χ0v) is 10.6. The highest BCUT2D eigenvalue weighted by Gasteiger charge is 1.99. The first-order valence-electron chi connectivity index (χ1n) is 5.66. The number of aromatic amines is 1. The van der Waals surface area contributed by atoms with Crippen LogP contribution < -0.4 is 10.2 Å². The Bertz CT molecular complexity index is 513. The van der Waals surface area contributed by atoms with Gasteiger partial charge in [-0.1, -0.05) is 18.3 Å². The fourth-order valence-corrected chi connectivity index (χ4v) is 2.17. The molecule has 0 amide bonds. The second-order valence-electron chi connectivity index (χ2n) is 3.89. The van der Waals surface area contributed by atoms with Gasteiger partial charge in [-0.15, -0.1) is 0 Å². The third kappa shape index (κ3) is 3.54. The molecule has 17 heavy (non-hydrogen) atoms. The summed E-state index contributed by atoms with van der Waals surface area (Å²) in [5, 5.41) is 9.37. The van der Waals surface area contributed by atoms with Crippen molar-refractivity contribution in [2.45, 2.75) is 33.0 Å². The number of nitrogens with one attached hydrogen (secondary N) is 2. The Labute approximate surface area is 103 Å². The molecule has 92 valence electrons. The quantitative estimate of drug-likeness (QED) is 0.815. The number of nitrogens with zero attached hydrogens (tertiary/aromatic N) is 2. The molecule has 0 saturated heterocycles. The lowest BCUT2D eigenvalue weighted by Crippen LogP contribution is -2.13. The summed E-state index contributed by atoms with van der Waals surface area (Å²) < 4.78 is 1.95. The number of thiazole rings is 1. The summed E-state index contributed by atoms with van der Waals surface area (Å²) in [5.74, 6) is 0. The standard InChI is InChI=1S/C11H16N4OS/c1-2-3-15-7-9(5-13-15)4-12-6-10-8-17-11(16)14-10/h5,7-8,12H,2-4,6H2,1H3,(H,14,16). The molecule has 2 rings (SSSR count). The zero-order valence-electron chi connectivity index (χ0n) is 9.77. The van der Waals surface area contributed by atoms with Gasteiger partial charge in [0.1, 0.15) is 0 Å². The number of hydrogen-bond donors (Lipinski definition) is 2. The molecule has 0 radical (unpaired) electrons. The van der Waals surface area contributed by atoms with Crippen LogP contribution in [0.15, 0.2) is 22.6 Å². The number of rotatable bonds is 6. The third-order valence-electron chi connectivity index (χ3n) is 2.35. The van der Waals surface area contributed by atoms with Gasteiger partial charge in [0, 0.05) is 42.5 Å². The largest absolute Gasteiger partial charge is 0.315 e. The van der Waals surface area contributed by atoms with Crippen LogP contribution >= 0.6 is 11.3 Å². The Morgan fingerprint density at radius 2 is 2.41 bits per heavy atom. The smallest absolute Gasteiger partial charge is 0.304 e. The monoisotopic (exact) mass is 252 g/mol. The van der Waals surface area contributed by atoms with Crippen molar-refractivity contribution in [1.82, 2.24) is 20.1 Å². The van der Waals surface area contributed by atoms with Crippen LogP contribution in [0.4, 0.5) is 0 Å². The van der Waals surface area contributed by atoms with Gasteiger partial charge in [-0.25, -0.2) is 0 Å². The summed E-state index contributed by atoms with van der Waals surface area (Å²) in [4.78, 5) is 13.7. The van der Waals surface area contributed by atoms with Crippen molar-refractivity contribution in [3.8, 4) is 0 Å². The highest BCUT2D eigenvalue weighted by Crippen LogP contribution is 2.00. The van der Waals surface area contributed by atoms with Gasteiger partial charge in [0.25, 0.3) is 0 Å². The second-order valence-corrected chi connectivity index (χ2v) is 4.73. The van der Waals surface area contributed by atoms with Crippen LogP contribution in [-0.4, -0.2) is 14.8 Å². The average Bonchev–Trinajstić information content (AvgIpc) is 2.89. The van der Waals surface area contributed by atoms with E-state index in [-0.39, 0.29) is 4.87 Å². The van der Waals surface area contributed by atoms with Gasteiger partial charge in [-0.3, -0.25) is 9.48 Å². The molecule has 0 spiro atoms. The van der Waals surface area contributed by atoms with Crippen molar-refractivity contribution in [1.29, 1.82) is 0 Å². The molecule has 0 aliphatic rings. The van der Waals surface area contributed by atoms with E-state index >= 15 is 0 Å². The molecule has 0 fully saturated rings. The number of hydrogen-bond acceptors (Lipinski definition) is 4. The van der Waals surface area contributed by atoms with Gasteiger partial charge in [0.2, 0.25) is 0 Å². The SMILES string of the molecule is CCCn1cc(CNCc2csc(=O)[nH]2)cn1. The molecule has 5 nitrogen and oxygen atoms in total. The van der Waals surface area contributed by atoms with Crippen LogP contribution in [0.25, 0.3) is 0 Å². The van der Waals surface area contributed by atoms with Crippen LogP contribution in [0.3, 0.4) is 0 Å². The van der Waals surface area contributed by atoms with E-state index in [0.29, 0.717) is 6.54 Å². The molecule has 0 bridgehead atoms. The molecule has 0 saturated carbocycles. The Morgan fingerprint density at radius 3 is 3.12 bits per heavy atom. The van der Waals surface area contributed by atoms with Gasteiger partial charge in [0.05, 0.1) is 6.20 Å². The van der Waals surface area contributed by atoms with Gasteiger partial charge in [0.15, 0.2) is 0 Å². The minimum absolute atomic E-state index is 0.00225. The predicted molar refractivity (Wildman–Crippen MR) is 68.0 cm³/mol. The van der Waals surface area contributed by atoms with Crippen molar-refractivity contribution < 1.29 is 0 Å². The number of aromatic nitrogens is 3. The van der Waals surface area contributed by atoms with Crippen molar-refractivity contribution in [2.24, 2.45) is 0 Å². The molecular formula is C11H16N4OS. The Morgan fingerprint density at radius 1 is 1.53 bits per heavy atom. The third-order valence-corrected chi connectivity index (χ3v) is 3.07. The Kier molecular flexibility index (Phi) is 4.11. The highest BCUT2D eigenvalue weighted by molar-refractivity contribution is 7.07. The maximum atomic E-state index is 10.9. The van der Waals surface area contributed by atoms with Gasteiger partial charge < -0.3 is 10.3 Å². The van der Waals surface area contributed by atoms with Crippen LogP contribution in [0.1, 0.15) is 24.6 Å². The first-order chi connectivity index (χ1) is 8.28. The lowest BCUT2D eigenvalue weighted by Gasteiger charge is -2.00. The fraction of sp³-hybridized carbons (Fsp3) is 0.455. The molecule has 2 aromatic heterocycles. The summed E-state index contributed by atoms with van der Waals surface area (Å²) in [6, 6.07) is 0. The summed E-state index contributed by atoms with van der Waals surface area (Å²) in [5.41, 5.74) is 2.09. The molecule has 0 aliphatic heterocycles. The summed E-state index contributed by atoms with van der Waals surface area (Å²) in [6.45, 7) is 4.53. The van der Waals surface area contributed by atoms with Crippen LogP contribution in [0, 0.1) is 0 Å². The van der Waals surface area contributed by atoms with Crippen molar-refractivity contribution in [2.75, 3.05) is 0 Å². The molecule has 2 aromatic rings. The molecule has 0 aromatic carbocycles. The Hall–Kier alpha value is -1.40. The maximum absolute atomic E-state index is 10.9. The molecule has 2 N–H and O–H groups in total. The van der Waals surface area contributed by atoms with Crippen LogP contribution in [-0.2, 0) is 19.6 Å². The van der Waals surface area contributed by atoms with E-state index in [1.807, 2.05) is 22.5 Å². The molecule has 0 aliphatic carbocycles. The van der Waals surface area contributed by atoms with Crippen molar-refractivity contribution >= 4 is 11.3 Å². The van der Waals surface area contributed by atoms with E-state index < -0.39 is 0 Å². The molecule has 6 heteroatoms. The second kappa shape index (κ2) is 5.79. The highest BCUT2D eigenvalue weighted by atomic mass is 32.1. The minimum atomic E-state index is -0.00225. The Balaban J connectivity index is 1.79. The van der Waals surface area contributed by atoms with Gasteiger partial charge >= 0.3 is 4.87 Å². The zero-order chi connectivity index (χ0) is 12.1. The molecular weight excluding hydrogens is 236 g/mol. The van der Waals surface area contributed by atoms with E-state index in [2.05, 4.69) is 22.3 Å². The summed E-state index contributed by atoms with van der Waals surface area (Å²) >= 11 is 1.19. The van der Waals surface area contributed by atoms with E-state index in [4.69, 9.17) is 0 Å². The van der Waals surface area contributed by atoms with E-state index in [1.54, 1.807) is 0 Å². The van der Waals surface area contributed by atoms with Gasteiger partial charge in [-0.05, 0) is 6.42 Å². The lowest BCUT2D eigenvalue weighted by molar-refractivity contribution is 0.601.